The Morgan fingerprint density at radius 2 is 1.82 bits per heavy atom. The molecular formula is C29H26BrFN6O2S. The van der Waals surface area contributed by atoms with Gasteiger partial charge in [0.15, 0.2) is 11.0 Å². The highest BCUT2D eigenvalue weighted by molar-refractivity contribution is 9.10. The molecule has 0 aliphatic carbocycles. The van der Waals surface area contributed by atoms with Gasteiger partial charge in [0, 0.05) is 23.5 Å². The fourth-order valence-electron chi connectivity index (χ4n) is 4.31. The Labute approximate surface area is 243 Å². The summed E-state index contributed by atoms with van der Waals surface area (Å²) in [5, 5.41) is 17.9. The Morgan fingerprint density at radius 3 is 2.55 bits per heavy atom. The number of hydrazone groups is 1. The molecule has 1 N–H and O–H groups in total. The molecule has 1 aromatic heterocycles. The SMILES string of the molecule is Cc1ccc([C@@H]2CC(c3ccc(Br)cc3)=NN2C(=O)CSc2nnc(CNC(=O)c3cccc(F)c3)n2C)cc1. The zero-order valence-corrected chi connectivity index (χ0v) is 24.2. The molecule has 40 heavy (non-hydrogen) atoms. The molecule has 3 aromatic carbocycles. The molecule has 0 bridgehead atoms. The van der Waals surface area contributed by atoms with Gasteiger partial charge >= 0.3 is 0 Å². The number of hydrogen-bond acceptors (Lipinski definition) is 6. The van der Waals surface area contributed by atoms with Crippen LogP contribution in [0.2, 0.25) is 0 Å². The monoisotopic (exact) mass is 620 g/mol. The summed E-state index contributed by atoms with van der Waals surface area (Å²) in [6.45, 7) is 2.14. The summed E-state index contributed by atoms with van der Waals surface area (Å²) >= 11 is 4.72. The van der Waals surface area contributed by atoms with E-state index in [9.17, 15) is 14.0 Å². The number of nitrogens with zero attached hydrogens (tertiary/aromatic N) is 5. The minimum atomic E-state index is -0.481. The Morgan fingerprint density at radius 1 is 1.07 bits per heavy atom. The minimum Gasteiger partial charge on any atom is -0.345 e. The largest absolute Gasteiger partial charge is 0.345 e. The quantitative estimate of drug-likeness (QED) is 0.265. The Kier molecular flexibility index (Phi) is 8.41. The number of nitrogens with one attached hydrogen (secondary N) is 1. The first-order valence-corrected chi connectivity index (χ1v) is 14.3. The smallest absolute Gasteiger partial charge is 0.253 e. The van der Waals surface area contributed by atoms with Crippen molar-refractivity contribution < 1.29 is 14.0 Å². The van der Waals surface area contributed by atoms with Gasteiger partial charge in [-0.15, -0.1) is 10.2 Å². The average molecular weight is 622 g/mol. The highest BCUT2D eigenvalue weighted by atomic mass is 79.9. The van der Waals surface area contributed by atoms with E-state index in [0.29, 0.717) is 17.4 Å². The second-order valence-electron chi connectivity index (χ2n) is 9.36. The normalized spacial score (nSPS) is 14.8. The van der Waals surface area contributed by atoms with E-state index in [4.69, 9.17) is 5.10 Å². The fourth-order valence-corrected chi connectivity index (χ4v) is 5.36. The molecule has 0 radical (unpaired) electrons. The molecule has 1 aliphatic rings. The Bertz CT molecular complexity index is 1570. The standard InChI is InChI=1S/C29H26BrFN6O2S/c1-18-6-8-20(9-7-18)25-15-24(19-10-12-22(30)13-11-19)35-37(25)27(38)17-40-29-34-33-26(36(29)2)16-32-28(39)21-4-3-5-23(31)14-21/h3-14,25H,15-17H2,1-2H3,(H,32,39)/t25-/m0/s1. The number of carbonyl (C=O) groups excluding carboxylic acids is 2. The molecule has 1 aliphatic heterocycles. The lowest BCUT2D eigenvalue weighted by molar-refractivity contribution is -0.130. The van der Waals surface area contributed by atoms with Crippen molar-refractivity contribution in [1.82, 2.24) is 25.1 Å². The molecule has 8 nitrogen and oxygen atoms in total. The molecule has 0 fully saturated rings. The van der Waals surface area contributed by atoms with Gasteiger partial charge in [-0.25, -0.2) is 9.40 Å². The summed E-state index contributed by atoms with van der Waals surface area (Å²) in [5.41, 5.74) is 4.22. The van der Waals surface area contributed by atoms with Crippen LogP contribution in [0.4, 0.5) is 4.39 Å². The van der Waals surface area contributed by atoms with E-state index in [1.807, 2.05) is 55.5 Å². The van der Waals surface area contributed by atoms with Gasteiger partial charge in [-0.1, -0.05) is 75.7 Å². The van der Waals surface area contributed by atoms with E-state index >= 15 is 0 Å². The summed E-state index contributed by atoms with van der Waals surface area (Å²) in [6, 6.07) is 21.3. The maximum absolute atomic E-state index is 13.5. The maximum atomic E-state index is 13.5. The fraction of sp³-hybridized carbons (Fsp3) is 0.207. The average Bonchev–Trinajstić information content (AvgIpc) is 3.55. The van der Waals surface area contributed by atoms with Crippen LogP contribution in [0.3, 0.4) is 0 Å². The highest BCUT2D eigenvalue weighted by Gasteiger charge is 2.33. The topological polar surface area (TPSA) is 92.5 Å². The van der Waals surface area contributed by atoms with Gasteiger partial charge in [0.2, 0.25) is 0 Å². The molecule has 11 heteroatoms. The third kappa shape index (κ3) is 6.31. The van der Waals surface area contributed by atoms with Crippen LogP contribution in [0.25, 0.3) is 0 Å². The second kappa shape index (κ2) is 12.1. The maximum Gasteiger partial charge on any atom is 0.253 e. The zero-order chi connectivity index (χ0) is 28.2. The third-order valence-electron chi connectivity index (χ3n) is 6.55. The van der Waals surface area contributed by atoms with Crippen molar-refractivity contribution in [3.63, 3.8) is 0 Å². The van der Waals surface area contributed by atoms with Crippen molar-refractivity contribution in [2.75, 3.05) is 5.75 Å². The number of amides is 2. The molecule has 0 spiro atoms. The third-order valence-corrected chi connectivity index (χ3v) is 8.08. The van der Waals surface area contributed by atoms with Gasteiger partial charge in [0.25, 0.3) is 11.8 Å². The van der Waals surface area contributed by atoms with E-state index in [2.05, 4.69) is 31.4 Å². The number of rotatable bonds is 8. The molecule has 4 aromatic rings. The summed E-state index contributed by atoms with van der Waals surface area (Å²) in [7, 11) is 1.77. The van der Waals surface area contributed by atoms with Crippen LogP contribution >= 0.6 is 27.7 Å². The van der Waals surface area contributed by atoms with Gasteiger partial charge in [-0.2, -0.15) is 5.10 Å². The molecule has 1 atom stereocenters. The van der Waals surface area contributed by atoms with Gasteiger partial charge in [0.05, 0.1) is 24.1 Å². The lowest BCUT2D eigenvalue weighted by Gasteiger charge is -2.22. The van der Waals surface area contributed by atoms with E-state index in [1.165, 1.54) is 36.0 Å². The molecule has 2 amide bonds. The van der Waals surface area contributed by atoms with E-state index in [-0.39, 0.29) is 29.8 Å². The first-order chi connectivity index (χ1) is 19.3. The lowest BCUT2D eigenvalue weighted by atomic mass is 9.98. The van der Waals surface area contributed by atoms with Crippen molar-refractivity contribution >= 4 is 45.2 Å². The molecule has 5 rings (SSSR count). The van der Waals surface area contributed by atoms with Gasteiger partial charge in [-0.05, 0) is 48.4 Å². The molecule has 0 unspecified atom stereocenters. The van der Waals surface area contributed by atoms with E-state index in [0.717, 1.165) is 26.9 Å². The van der Waals surface area contributed by atoms with Crippen molar-refractivity contribution in [2.45, 2.75) is 31.1 Å². The first-order valence-electron chi connectivity index (χ1n) is 12.6. The van der Waals surface area contributed by atoms with E-state index < -0.39 is 11.7 Å². The number of aromatic nitrogens is 3. The van der Waals surface area contributed by atoms with Gasteiger partial charge in [0.1, 0.15) is 5.82 Å². The zero-order valence-electron chi connectivity index (χ0n) is 21.8. The van der Waals surface area contributed by atoms with Crippen molar-refractivity contribution in [3.05, 3.63) is 111 Å². The number of benzene rings is 3. The second-order valence-corrected chi connectivity index (χ2v) is 11.2. The number of carbonyl (C=O) groups is 2. The van der Waals surface area contributed by atoms with Crippen LogP contribution < -0.4 is 5.32 Å². The molecule has 204 valence electrons. The van der Waals surface area contributed by atoms with Crippen LogP contribution in [0.1, 0.15) is 45.3 Å². The minimum absolute atomic E-state index is 0.107. The first kappa shape index (κ1) is 27.7. The Balaban J connectivity index is 1.27. The predicted octanol–water partition coefficient (Wildman–Crippen LogP) is 5.43. The van der Waals surface area contributed by atoms with Crippen molar-refractivity contribution in [1.29, 1.82) is 0 Å². The summed E-state index contributed by atoms with van der Waals surface area (Å²) in [5.74, 6) is -0.421. The number of thioether (sulfide) groups is 1. The number of halogens is 2. The van der Waals surface area contributed by atoms with Gasteiger partial charge < -0.3 is 9.88 Å². The summed E-state index contributed by atoms with van der Waals surface area (Å²) in [4.78, 5) is 25.8. The van der Waals surface area contributed by atoms with Crippen LogP contribution in [-0.4, -0.2) is 43.1 Å². The van der Waals surface area contributed by atoms with Gasteiger partial charge in [-0.3, -0.25) is 9.59 Å². The van der Waals surface area contributed by atoms with E-state index in [1.54, 1.807) is 16.6 Å². The number of aryl methyl sites for hydroxylation is 1. The summed E-state index contributed by atoms with van der Waals surface area (Å²) in [6.07, 6.45) is 0.611. The highest BCUT2D eigenvalue weighted by Crippen LogP contribution is 2.34. The van der Waals surface area contributed by atoms with Crippen molar-refractivity contribution in [2.24, 2.45) is 12.1 Å². The molecule has 0 saturated carbocycles. The van der Waals surface area contributed by atoms with Crippen LogP contribution in [0, 0.1) is 12.7 Å². The van der Waals surface area contributed by atoms with Crippen LogP contribution in [0.5, 0.6) is 0 Å². The lowest BCUT2D eigenvalue weighted by Crippen LogP contribution is -2.28. The van der Waals surface area contributed by atoms with Crippen LogP contribution in [-0.2, 0) is 18.4 Å². The Hall–Kier alpha value is -3.83. The predicted molar refractivity (Wildman–Crippen MR) is 155 cm³/mol. The number of hydrogen-bond donors (Lipinski definition) is 1. The molecule has 0 saturated heterocycles. The van der Waals surface area contributed by atoms with Crippen LogP contribution in [0.15, 0.2) is 87.5 Å². The summed E-state index contributed by atoms with van der Waals surface area (Å²) < 4.78 is 16.1. The molecular weight excluding hydrogens is 595 g/mol. The van der Waals surface area contributed by atoms with Crippen molar-refractivity contribution in [3.8, 4) is 0 Å². The molecule has 2 heterocycles.